The molecule has 134 valence electrons. The van der Waals surface area contributed by atoms with E-state index in [4.69, 9.17) is 9.47 Å². The van der Waals surface area contributed by atoms with Crippen LogP contribution in [0.2, 0.25) is 0 Å². The Morgan fingerprint density at radius 2 is 1.77 bits per heavy atom. The summed E-state index contributed by atoms with van der Waals surface area (Å²) in [7, 11) is 1.58. The van der Waals surface area contributed by atoms with Gasteiger partial charge >= 0.3 is 12.0 Å². The summed E-state index contributed by atoms with van der Waals surface area (Å²) >= 11 is 0. The molecule has 0 aliphatic carbocycles. The van der Waals surface area contributed by atoms with E-state index in [1.54, 1.807) is 26.2 Å². The van der Waals surface area contributed by atoms with Crippen LogP contribution in [0.1, 0.15) is 24.1 Å². The maximum absolute atomic E-state index is 12.7. The van der Waals surface area contributed by atoms with Gasteiger partial charge in [-0.25, -0.2) is 9.59 Å². The predicted molar refractivity (Wildman–Crippen MR) is 97.4 cm³/mol. The summed E-state index contributed by atoms with van der Waals surface area (Å²) < 4.78 is 10.4. The van der Waals surface area contributed by atoms with Crippen LogP contribution in [0.4, 0.5) is 4.79 Å². The number of rotatable bonds is 5. The van der Waals surface area contributed by atoms with E-state index in [1.165, 1.54) is 0 Å². The van der Waals surface area contributed by atoms with Crippen molar-refractivity contribution in [1.82, 2.24) is 10.6 Å². The Morgan fingerprint density at radius 1 is 1.08 bits per heavy atom. The first-order chi connectivity index (χ1) is 12.6. The molecule has 0 aromatic heterocycles. The van der Waals surface area contributed by atoms with Gasteiger partial charge in [-0.05, 0) is 30.2 Å². The second kappa shape index (κ2) is 7.74. The van der Waals surface area contributed by atoms with Crippen molar-refractivity contribution in [2.75, 3.05) is 13.7 Å². The molecule has 0 radical (unpaired) electrons. The molecule has 0 fully saturated rings. The predicted octanol–water partition coefficient (Wildman–Crippen LogP) is 3.02. The lowest BCUT2D eigenvalue weighted by Crippen LogP contribution is -2.45. The van der Waals surface area contributed by atoms with Gasteiger partial charge in [0.2, 0.25) is 0 Å². The van der Waals surface area contributed by atoms with Gasteiger partial charge in [0.1, 0.15) is 5.75 Å². The zero-order valence-electron chi connectivity index (χ0n) is 14.6. The molecule has 1 aliphatic heterocycles. The van der Waals surface area contributed by atoms with Crippen LogP contribution in [0.3, 0.4) is 0 Å². The van der Waals surface area contributed by atoms with E-state index in [2.05, 4.69) is 10.6 Å². The molecule has 0 saturated carbocycles. The number of nitrogens with one attached hydrogen (secondary N) is 2. The summed E-state index contributed by atoms with van der Waals surface area (Å²) in [6, 6.07) is 15.5. The average Bonchev–Trinajstić information content (AvgIpc) is 2.68. The molecule has 0 saturated heterocycles. The molecule has 2 aromatic rings. The van der Waals surface area contributed by atoms with Crippen LogP contribution in [0.15, 0.2) is 60.2 Å². The Bertz CT molecular complexity index is 829. The van der Waals surface area contributed by atoms with Gasteiger partial charge in [-0.3, -0.25) is 0 Å². The number of carbonyl (C=O) groups excluding carboxylic acids is 2. The number of esters is 1. The Kier molecular flexibility index (Phi) is 5.22. The number of hydrogen-bond acceptors (Lipinski definition) is 4. The normalized spacial score (nSPS) is 16.5. The van der Waals surface area contributed by atoms with Crippen molar-refractivity contribution in [3.8, 4) is 5.75 Å². The lowest BCUT2D eigenvalue weighted by molar-refractivity contribution is -0.138. The van der Waals surface area contributed by atoms with Crippen LogP contribution in [-0.4, -0.2) is 25.7 Å². The van der Waals surface area contributed by atoms with Crippen molar-refractivity contribution in [3.63, 3.8) is 0 Å². The van der Waals surface area contributed by atoms with Crippen LogP contribution in [0, 0.1) is 0 Å². The van der Waals surface area contributed by atoms with E-state index in [-0.39, 0.29) is 12.6 Å². The maximum Gasteiger partial charge on any atom is 0.338 e. The molecule has 1 atom stereocenters. The van der Waals surface area contributed by atoms with Crippen LogP contribution in [0.25, 0.3) is 5.70 Å². The first-order valence-corrected chi connectivity index (χ1v) is 8.32. The molecule has 2 amide bonds. The van der Waals surface area contributed by atoms with Gasteiger partial charge in [-0.2, -0.15) is 0 Å². The van der Waals surface area contributed by atoms with E-state index >= 15 is 0 Å². The molecule has 1 aliphatic rings. The molecular formula is C20H20N2O4. The van der Waals surface area contributed by atoms with Crippen molar-refractivity contribution in [2.24, 2.45) is 0 Å². The largest absolute Gasteiger partial charge is 0.497 e. The first kappa shape index (κ1) is 17.5. The third-order valence-corrected chi connectivity index (χ3v) is 4.08. The second-order valence-electron chi connectivity index (χ2n) is 5.68. The highest BCUT2D eigenvalue weighted by Gasteiger charge is 2.34. The molecule has 6 nitrogen and oxygen atoms in total. The van der Waals surface area contributed by atoms with Crippen molar-refractivity contribution >= 4 is 17.7 Å². The van der Waals surface area contributed by atoms with Crippen molar-refractivity contribution < 1.29 is 19.1 Å². The van der Waals surface area contributed by atoms with E-state index < -0.39 is 12.0 Å². The van der Waals surface area contributed by atoms with E-state index in [9.17, 15) is 9.59 Å². The first-order valence-electron chi connectivity index (χ1n) is 8.32. The minimum absolute atomic E-state index is 0.244. The fourth-order valence-electron chi connectivity index (χ4n) is 2.87. The number of benzene rings is 2. The van der Waals surface area contributed by atoms with Gasteiger partial charge in [0.05, 0.1) is 31.0 Å². The molecule has 2 aromatic carbocycles. The number of hydrogen-bond donors (Lipinski definition) is 2. The van der Waals surface area contributed by atoms with Gasteiger partial charge in [0, 0.05) is 0 Å². The Balaban J connectivity index is 2.13. The molecule has 0 bridgehead atoms. The molecule has 1 heterocycles. The summed E-state index contributed by atoms with van der Waals surface area (Å²) in [5.41, 5.74) is 2.32. The van der Waals surface area contributed by atoms with Crippen molar-refractivity contribution in [2.45, 2.75) is 13.0 Å². The fraction of sp³-hybridized carbons (Fsp3) is 0.200. The minimum Gasteiger partial charge on any atom is -0.497 e. The number of carbonyl (C=O) groups is 2. The third kappa shape index (κ3) is 3.54. The van der Waals surface area contributed by atoms with Gasteiger partial charge in [0.15, 0.2) is 0 Å². The number of ether oxygens (including phenoxy) is 2. The zero-order valence-corrected chi connectivity index (χ0v) is 14.6. The Hall–Kier alpha value is -3.28. The van der Waals surface area contributed by atoms with E-state index in [0.29, 0.717) is 17.0 Å². The lowest BCUT2D eigenvalue weighted by atomic mass is 9.92. The topological polar surface area (TPSA) is 76.7 Å². The van der Waals surface area contributed by atoms with Gasteiger partial charge < -0.3 is 20.1 Å². The van der Waals surface area contributed by atoms with Crippen molar-refractivity contribution in [1.29, 1.82) is 0 Å². The Labute approximate surface area is 151 Å². The highest BCUT2D eigenvalue weighted by Crippen LogP contribution is 2.32. The van der Waals surface area contributed by atoms with Gasteiger partial charge in [0.25, 0.3) is 0 Å². The highest BCUT2D eigenvalue weighted by atomic mass is 16.5. The monoisotopic (exact) mass is 352 g/mol. The molecule has 26 heavy (non-hydrogen) atoms. The number of methoxy groups -OCH3 is 1. The molecule has 2 N–H and O–H groups in total. The molecule has 0 spiro atoms. The fourth-order valence-corrected chi connectivity index (χ4v) is 2.87. The molecular weight excluding hydrogens is 332 g/mol. The molecule has 3 rings (SSSR count). The lowest BCUT2D eigenvalue weighted by Gasteiger charge is -2.29. The number of amides is 2. The highest BCUT2D eigenvalue weighted by molar-refractivity contribution is 6.04. The zero-order chi connectivity index (χ0) is 18.5. The minimum atomic E-state index is -0.621. The second-order valence-corrected chi connectivity index (χ2v) is 5.68. The Morgan fingerprint density at radius 3 is 2.38 bits per heavy atom. The average molecular weight is 352 g/mol. The van der Waals surface area contributed by atoms with E-state index in [1.807, 2.05) is 42.5 Å². The van der Waals surface area contributed by atoms with Crippen molar-refractivity contribution in [3.05, 3.63) is 71.3 Å². The molecule has 1 unspecified atom stereocenters. The quantitative estimate of drug-likeness (QED) is 0.811. The standard InChI is InChI=1S/C20H20N2O4/c1-3-26-19(23)16-17(13-7-5-4-6-8-13)21-20(24)22-18(16)14-9-11-15(25-2)12-10-14/h4-12,18H,3H2,1-2H3,(H2,21,22,24). The van der Waals surface area contributed by atoms with Crippen LogP contribution in [-0.2, 0) is 9.53 Å². The summed E-state index contributed by atoms with van der Waals surface area (Å²) in [5, 5.41) is 5.56. The smallest absolute Gasteiger partial charge is 0.338 e. The van der Waals surface area contributed by atoms with Crippen LogP contribution in [0.5, 0.6) is 5.75 Å². The summed E-state index contributed by atoms with van der Waals surface area (Å²) in [6.07, 6.45) is 0. The summed E-state index contributed by atoms with van der Waals surface area (Å²) in [6.45, 7) is 1.99. The van der Waals surface area contributed by atoms with E-state index in [0.717, 1.165) is 11.1 Å². The van der Waals surface area contributed by atoms with Crippen LogP contribution < -0.4 is 15.4 Å². The molecule has 6 heteroatoms. The SMILES string of the molecule is CCOC(=O)C1=C(c2ccccc2)NC(=O)NC1c1ccc(OC)cc1. The third-order valence-electron chi connectivity index (χ3n) is 4.08. The summed E-state index contributed by atoms with van der Waals surface area (Å²) in [4.78, 5) is 24.9. The van der Waals surface area contributed by atoms with Crippen LogP contribution >= 0.6 is 0 Å². The summed E-state index contributed by atoms with van der Waals surface area (Å²) in [5.74, 6) is 0.221. The maximum atomic E-state index is 12.7. The van der Waals surface area contributed by atoms with Gasteiger partial charge in [-0.15, -0.1) is 0 Å². The number of urea groups is 1. The van der Waals surface area contributed by atoms with Gasteiger partial charge in [-0.1, -0.05) is 42.5 Å².